The molecule has 0 aliphatic carbocycles. The first-order valence-electron chi connectivity index (χ1n) is 6.41. The van der Waals surface area contributed by atoms with Crippen molar-refractivity contribution in [2.45, 2.75) is 6.04 Å². The normalized spacial score (nSPS) is 18.9. The molecule has 3 rings (SSSR count). The van der Waals surface area contributed by atoms with E-state index in [9.17, 15) is 4.79 Å². The van der Waals surface area contributed by atoms with Crippen molar-refractivity contribution in [3.63, 3.8) is 0 Å². The number of anilines is 1. The number of rotatable bonds is 1. The lowest BCUT2D eigenvalue weighted by atomic mass is 9.97. The van der Waals surface area contributed by atoms with Gasteiger partial charge in [-0.2, -0.15) is 0 Å². The van der Waals surface area contributed by atoms with Crippen LogP contribution in [0.3, 0.4) is 0 Å². The zero-order valence-electron chi connectivity index (χ0n) is 10.8. The minimum absolute atomic E-state index is 0.0614. The van der Waals surface area contributed by atoms with E-state index in [-0.39, 0.29) is 11.9 Å². The minimum atomic E-state index is 0.0614. The summed E-state index contributed by atoms with van der Waals surface area (Å²) in [7, 11) is 1.83. The summed E-state index contributed by atoms with van der Waals surface area (Å²) in [6, 6.07) is 18.3. The van der Waals surface area contributed by atoms with Gasteiger partial charge in [0.1, 0.15) is 0 Å². The Labute approximate surface area is 112 Å². The average molecular weight is 252 g/mol. The number of benzene rings is 2. The number of fused-ring (bicyclic) bond motifs is 1. The van der Waals surface area contributed by atoms with Gasteiger partial charge in [-0.15, -0.1) is 0 Å². The van der Waals surface area contributed by atoms with E-state index in [1.54, 1.807) is 4.90 Å². The van der Waals surface area contributed by atoms with Crippen molar-refractivity contribution in [1.29, 1.82) is 0 Å². The van der Waals surface area contributed by atoms with Crippen LogP contribution in [0.5, 0.6) is 0 Å². The molecule has 96 valence electrons. The smallest absolute Gasteiger partial charge is 0.240 e. The maximum atomic E-state index is 12.0. The van der Waals surface area contributed by atoms with E-state index in [1.165, 1.54) is 5.56 Å². The average Bonchev–Trinajstić information content (AvgIpc) is 2.59. The number of hydrogen-bond acceptors (Lipinski definition) is 2. The van der Waals surface area contributed by atoms with Crippen LogP contribution in [0.2, 0.25) is 0 Å². The van der Waals surface area contributed by atoms with Crippen LogP contribution in [0.1, 0.15) is 17.2 Å². The lowest BCUT2D eigenvalue weighted by Gasteiger charge is -2.20. The second-order valence-corrected chi connectivity index (χ2v) is 4.74. The minimum Gasteiger partial charge on any atom is -0.314 e. The topological polar surface area (TPSA) is 32.3 Å². The van der Waals surface area contributed by atoms with Gasteiger partial charge in [0, 0.05) is 12.7 Å². The summed E-state index contributed by atoms with van der Waals surface area (Å²) < 4.78 is 0. The van der Waals surface area contributed by atoms with Crippen LogP contribution in [-0.4, -0.2) is 19.5 Å². The molecule has 0 spiro atoms. The molecule has 0 bridgehead atoms. The molecule has 0 saturated heterocycles. The van der Waals surface area contributed by atoms with Gasteiger partial charge in [-0.3, -0.25) is 10.1 Å². The molecule has 0 saturated carbocycles. The maximum Gasteiger partial charge on any atom is 0.240 e. The van der Waals surface area contributed by atoms with Crippen LogP contribution >= 0.6 is 0 Å². The van der Waals surface area contributed by atoms with Crippen molar-refractivity contribution in [2.24, 2.45) is 0 Å². The molecule has 3 heteroatoms. The van der Waals surface area contributed by atoms with Gasteiger partial charge in [0.2, 0.25) is 5.91 Å². The third kappa shape index (κ3) is 2.13. The van der Waals surface area contributed by atoms with E-state index in [1.807, 2.05) is 43.4 Å². The van der Waals surface area contributed by atoms with Crippen molar-refractivity contribution in [1.82, 2.24) is 5.32 Å². The zero-order chi connectivity index (χ0) is 13.2. The van der Waals surface area contributed by atoms with E-state index in [4.69, 9.17) is 0 Å². The van der Waals surface area contributed by atoms with Crippen molar-refractivity contribution >= 4 is 11.6 Å². The molecular weight excluding hydrogens is 236 g/mol. The molecule has 0 aromatic heterocycles. The Kier molecular flexibility index (Phi) is 3.05. The van der Waals surface area contributed by atoms with Gasteiger partial charge >= 0.3 is 0 Å². The molecule has 1 aliphatic heterocycles. The molecular formula is C16H16N2O. The van der Waals surface area contributed by atoms with E-state index in [0.29, 0.717) is 6.54 Å². The molecule has 1 heterocycles. The Hall–Kier alpha value is -2.13. The molecule has 1 aliphatic rings. The lowest BCUT2D eigenvalue weighted by Crippen LogP contribution is -2.33. The number of carbonyl (C=O) groups excluding carboxylic acids is 1. The molecule has 1 atom stereocenters. The highest BCUT2D eigenvalue weighted by Gasteiger charge is 2.25. The van der Waals surface area contributed by atoms with Crippen molar-refractivity contribution in [2.75, 3.05) is 18.5 Å². The fourth-order valence-corrected chi connectivity index (χ4v) is 2.53. The molecule has 1 amide bonds. The van der Waals surface area contributed by atoms with E-state index in [2.05, 4.69) is 23.5 Å². The van der Waals surface area contributed by atoms with Gasteiger partial charge in [-0.05, 0) is 17.2 Å². The van der Waals surface area contributed by atoms with Gasteiger partial charge in [-0.1, -0.05) is 48.5 Å². The number of amides is 1. The Bertz CT molecular complexity index is 595. The van der Waals surface area contributed by atoms with Crippen LogP contribution in [0, 0.1) is 0 Å². The Morgan fingerprint density at radius 2 is 1.74 bits per heavy atom. The molecule has 2 aromatic rings. The predicted octanol–water partition coefficient (Wildman–Crippen LogP) is 2.34. The van der Waals surface area contributed by atoms with Gasteiger partial charge in [0.15, 0.2) is 0 Å². The first-order valence-corrected chi connectivity index (χ1v) is 6.41. The quantitative estimate of drug-likeness (QED) is 0.845. The summed E-state index contributed by atoms with van der Waals surface area (Å²) in [6.45, 7) is 0.352. The number of nitrogens with zero attached hydrogens (tertiary/aromatic N) is 1. The van der Waals surface area contributed by atoms with Crippen LogP contribution in [0.25, 0.3) is 0 Å². The molecule has 19 heavy (non-hydrogen) atoms. The Morgan fingerprint density at radius 1 is 1.05 bits per heavy atom. The highest BCUT2D eigenvalue weighted by molar-refractivity contribution is 5.96. The number of likely N-dealkylation sites (N-methyl/N-ethyl adjacent to an activating group) is 1. The van der Waals surface area contributed by atoms with Crippen LogP contribution < -0.4 is 10.2 Å². The molecule has 2 aromatic carbocycles. The second-order valence-electron chi connectivity index (χ2n) is 4.74. The number of nitrogens with one attached hydrogen (secondary N) is 1. The Balaban J connectivity index is 2.12. The maximum absolute atomic E-state index is 12.0. The number of carbonyl (C=O) groups is 1. The molecule has 3 nitrogen and oxygen atoms in total. The van der Waals surface area contributed by atoms with Crippen LogP contribution in [0.4, 0.5) is 5.69 Å². The number of para-hydroxylation sites is 1. The summed E-state index contributed by atoms with van der Waals surface area (Å²) in [6.07, 6.45) is 0. The Morgan fingerprint density at radius 3 is 2.53 bits per heavy atom. The van der Waals surface area contributed by atoms with E-state index >= 15 is 0 Å². The fourth-order valence-electron chi connectivity index (χ4n) is 2.53. The summed E-state index contributed by atoms with van der Waals surface area (Å²) in [5.41, 5.74) is 3.30. The number of hydrogen-bond donors (Lipinski definition) is 1. The largest absolute Gasteiger partial charge is 0.314 e. The molecule has 1 N–H and O–H groups in total. The first-order chi connectivity index (χ1) is 9.27. The zero-order valence-corrected chi connectivity index (χ0v) is 10.8. The summed E-state index contributed by atoms with van der Waals surface area (Å²) in [5, 5.41) is 3.34. The van der Waals surface area contributed by atoms with Gasteiger partial charge < -0.3 is 4.90 Å². The monoisotopic (exact) mass is 252 g/mol. The van der Waals surface area contributed by atoms with E-state index in [0.717, 1.165) is 11.3 Å². The summed E-state index contributed by atoms with van der Waals surface area (Å²) in [5.74, 6) is 0.0888. The lowest BCUT2D eigenvalue weighted by molar-refractivity contribution is -0.117. The predicted molar refractivity (Wildman–Crippen MR) is 76.1 cm³/mol. The fraction of sp³-hybridized carbons (Fsp3) is 0.188. The SMILES string of the molecule is CN1C(=O)CN[C@H](c2ccccc2)c2ccccc21. The van der Waals surface area contributed by atoms with Gasteiger partial charge in [-0.25, -0.2) is 0 Å². The third-order valence-electron chi connectivity index (χ3n) is 3.57. The van der Waals surface area contributed by atoms with E-state index < -0.39 is 0 Å². The molecule has 0 unspecified atom stereocenters. The summed E-state index contributed by atoms with van der Waals surface area (Å²) in [4.78, 5) is 13.7. The standard InChI is InChI=1S/C16H16N2O/c1-18-14-10-6-5-9-13(14)16(17-11-15(18)19)12-7-3-2-4-8-12/h2-10,16-17H,11H2,1H3/t16-/m1/s1. The highest BCUT2D eigenvalue weighted by Crippen LogP contribution is 2.31. The van der Waals surface area contributed by atoms with Crippen molar-refractivity contribution < 1.29 is 4.79 Å². The summed E-state index contributed by atoms with van der Waals surface area (Å²) >= 11 is 0. The molecule has 0 fully saturated rings. The van der Waals surface area contributed by atoms with Gasteiger partial charge in [0.05, 0.1) is 12.6 Å². The van der Waals surface area contributed by atoms with Crippen LogP contribution in [-0.2, 0) is 4.79 Å². The van der Waals surface area contributed by atoms with Gasteiger partial charge in [0.25, 0.3) is 0 Å². The van der Waals surface area contributed by atoms with Crippen molar-refractivity contribution in [3.05, 3.63) is 65.7 Å². The first kappa shape index (κ1) is 11.9. The van der Waals surface area contributed by atoms with Crippen LogP contribution in [0.15, 0.2) is 54.6 Å². The molecule has 0 radical (unpaired) electrons. The highest BCUT2D eigenvalue weighted by atomic mass is 16.2. The van der Waals surface area contributed by atoms with Crippen molar-refractivity contribution in [3.8, 4) is 0 Å². The second kappa shape index (κ2) is 4.86. The third-order valence-corrected chi connectivity index (χ3v) is 3.57.